The van der Waals surface area contributed by atoms with E-state index in [4.69, 9.17) is 18.9 Å². The highest BCUT2D eigenvalue weighted by Gasteiger charge is 2.61. The fourth-order valence-electron chi connectivity index (χ4n) is 10.9. The van der Waals surface area contributed by atoms with Crippen LogP contribution < -0.4 is 30.7 Å². The van der Waals surface area contributed by atoms with E-state index in [0.717, 1.165) is 47.4 Å². The van der Waals surface area contributed by atoms with Gasteiger partial charge in [-0.15, -0.1) is 6.58 Å². The topological polar surface area (TPSA) is 284 Å². The number of likely N-dealkylation sites (tertiary alicyclic amines) is 1. The van der Waals surface area contributed by atoms with Crippen molar-refractivity contribution in [2.75, 3.05) is 65.0 Å². The molecular weight excluding hydrogens is 1080 g/mol. The molecule has 0 unspecified atom stereocenters. The first-order valence-corrected chi connectivity index (χ1v) is 31.3. The monoisotopic (exact) mass is 1160 g/mol. The maximum Gasteiger partial charge on any atom is 0.315 e. The number of thioether (sulfide) groups is 1. The summed E-state index contributed by atoms with van der Waals surface area (Å²) < 4.78 is 51.2. The molecule has 5 fully saturated rings. The third-order valence-electron chi connectivity index (χ3n) is 15.7. The predicted octanol–water partition coefficient (Wildman–Crippen LogP) is 4.72. The number of hydrogen-bond acceptors (Lipinski definition) is 16. The summed E-state index contributed by atoms with van der Waals surface area (Å²) in [4.78, 5) is 111. The second-order valence-electron chi connectivity index (χ2n) is 22.0. The zero-order valence-electron chi connectivity index (χ0n) is 46.6. The summed E-state index contributed by atoms with van der Waals surface area (Å²) in [6, 6.07) is 6.82. The molecular formula is C58H81N7O14S2. The molecule has 444 valence electrons. The SMILES string of the molecule is C=CC(=O)NC[C@H](CC(=O)CCCC(=O)CCCCOCCOCCOCCCNC(=O)CCCC[C@@H]1SC[C@@H]2NC(=O)N[C@@H]21)C(=O)N1C[C@H](Oc2nccc3cc(C)ccc23)C[C@H]1C(=O)C[C@]1(C(=O)NS(=O)(=O)C2CC2)C[C@H]1C=C. The minimum Gasteiger partial charge on any atom is -0.472 e. The maximum absolute atomic E-state index is 14.7. The van der Waals surface area contributed by atoms with Gasteiger partial charge in [0.15, 0.2) is 5.78 Å². The molecule has 81 heavy (non-hydrogen) atoms. The molecule has 0 bridgehead atoms. The molecule has 2 aliphatic carbocycles. The molecule has 0 radical (unpaired) electrons. The second-order valence-corrected chi connectivity index (χ2v) is 25.2. The van der Waals surface area contributed by atoms with Crippen molar-refractivity contribution in [3.63, 3.8) is 0 Å². The Morgan fingerprint density at radius 1 is 0.877 bits per heavy atom. The lowest BCUT2D eigenvalue weighted by Crippen LogP contribution is -2.48. The normalized spacial score (nSPS) is 23.2. The first-order valence-electron chi connectivity index (χ1n) is 28.7. The van der Waals surface area contributed by atoms with E-state index in [0.29, 0.717) is 102 Å². The van der Waals surface area contributed by atoms with E-state index in [1.807, 2.05) is 43.0 Å². The van der Waals surface area contributed by atoms with Crippen molar-refractivity contribution in [1.82, 2.24) is 35.9 Å². The zero-order valence-corrected chi connectivity index (χ0v) is 48.2. The highest BCUT2D eigenvalue weighted by atomic mass is 32.2. The first kappa shape index (κ1) is 62.8. The van der Waals surface area contributed by atoms with Gasteiger partial charge in [0, 0.05) is 93.8 Å². The predicted molar refractivity (Wildman–Crippen MR) is 305 cm³/mol. The minimum absolute atomic E-state index is 0.00571. The number of urea groups is 1. The number of fused-ring (bicyclic) bond motifs is 2. The number of sulfonamides is 1. The van der Waals surface area contributed by atoms with Gasteiger partial charge < -0.3 is 45.1 Å². The molecule has 1 aromatic heterocycles. The number of amides is 6. The van der Waals surface area contributed by atoms with Crippen LogP contribution in [0, 0.1) is 24.2 Å². The van der Waals surface area contributed by atoms with Gasteiger partial charge in [-0.2, -0.15) is 11.8 Å². The van der Waals surface area contributed by atoms with E-state index in [-0.39, 0.29) is 93.6 Å². The quantitative estimate of drug-likeness (QED) is 0.0262. The number of carbonyl (C=O) groups is 8. The Balaban J connectivity index is 0.784. The zero-order chi connectivity index (χ0) is 57.9. The highest BCUT2D eigenvalue weighted by Crippen LogP contribution is 2.57. The third kappa shape index (κ3) is 18.6. The summed E-state index contributed by atoms with van der Waals surface area (Å²) >= 11 is 1.88. The number of aryl methyl sites for hydroxylation is 1. The Kier molecular flexibility index (Phi) is 23.7. The molecule has 3 aliphatic heterocycles. The third-order valence-corrected chi connectivity index (χ3v) is 19.0. The molecule has 2 aromatic rings. The standard InChI is InChI=1S/C58H81N7O14S2/c1-4-41-33-58(41,56(72)64-81(74,75)45-18-19-45)34-49(68)48-32-44(79-54-46-20-17-38(3)30-39(46)21-23-60-54)36-65(48)55(71)40(35-61-51(69)5-2)31-43(67)14-10-13-42(66)12-8-9-24-76-26-28-78-29-27-77-25-11-22-59-52(70)16-7-6-15-50-53-47(37-80-50)62-57(73)63-53/h4-5,17,20-21,23,30,40-41,44-45,47-48,50,53H,1-2,6-16,18-19,22,24-29,31-37H2,3H3,(H,59,70)(H,61,69)(H,64,72)(H2,62,63,73)/t40-,41+,44+,47-,48-,50-,53-,58+/m0/s1. The van der Waals surface area contributed by atoms with Gasteiger partial charge in [0.1, 0.15) is 17.7 Å². The van der Waals surface area contributed by atoms with Gasteiger partial charge >= 0.3 is 6.03 Å². The molecule has 5 N–H and O–H groups in total. The molecule has 1 aromatic carbocycles. The lowest BCUT2D eigenvalue weighted by atomic mass is 9.91. The molecule has 3 saturated heterocycles. The van der Waals surface area contributed by atoms with Crippen molar-refractivity contribution in [3.05, 3.63) is 61.3 Å². The van der Waals surface area contributed by atoms with Crippen LogP contribution in [-0.4, -0.2) is 165 Å². The van der Waals surface area contributed by atoms with E-state index >= 15 is 0 Å². The lowest BCUT2D eigenvalue weighted by Gasteiger charge is -2.29. The number of ether oxygens (including phenoxy) is 4. The number of nitrogens with one attached hydrogen (secondary N) is 5. The van der Waals surface area contributed by atoms with E-state index < -0.39 is 68.2 Å². The number of allylic oxidation sites excluding steroid dienone is 1. The summed E-state index contributed by atoms with van der Waals surface area (Å²) in [7, 11) is -3.92. The molecule has 2 saturated carbocycles. The Morgan fingerprint density at radius 3 is 2.32 bits per heavy atom. The Hall–Kier alpha value is -5.75. The van der Waals surface area contributed by atoms with Crippen LogP contribution in [-0.2, 0) is 57.8 Å². The molecule has 5 aliphatic rings. The van der Waals surface area contributed by atoms with Gasteiger partial charge in [0.25, 0.3) is 0 Å². The van der Waals surface area contributed by atoms with Crippen LogP contribution in [0.25, 0.3) is 10.8 Å². The Bertz CT molecular complexity index is 2710. The number of nitrogens with zero attached hydrogens (tertiary/aromatic N) is 2. The van der Waals surface area contributed by atoms with Gasteiger partial charge in [-0.05, 0) is 94.2 Å². The number of ketones is 3. The lowest BCUT2D eigenvalue weighted by molar-refractivity contribution is -0.143. The van der Waals surface area contributed by atoms with Crippen molar-refractivity contribution < 1.29 is 65.7 Å². The van der Waals surface area contributed by atoms with Crippen LogP contribution in [0.15, 0.2) is 55.8 Å². The summed E-state index contributed by atoms with van der Waals surface area (Å²) in [5.41, 5.74) is -0.348. The van der Waals surface area contributed by atoms with Gasteiger partial charge in [-0.3, -0.25) is 38.3 Å². The second kappa shape index (κ2) is 30.5. The van der Waals surface area contributed by atoms with Crippen molar-refractivity contribution in [2.24, 2.45) is 17.3 Å². The van der Waals surface area contributed by atoms with E-state index in [2.05, 4.69) is 44.1 Å². The van der Waals surface area contributed by atoms with E-state index in [1.54, 1.807) is 6.20 Å². The van der Waals surface area contributed by atoms with Crippen LogP contribution in [0.1, 0.15) is 115 Å². The largest absolute Gasteiger partial charge is 0.472 e. The molecule has 21 nitrogen and oxygen atoms in total. The van der Waals surface area contributed by atoms with Crippen LogP contribution in [0.2, 0.25) is 0 Å². The number of aromatic nitrogens is 1. The van der Waals surface area contributed by atoms with Gasteiger partial charge in [0.2, 0.25) is 39.5 Å². The van der Waals surface area contributed by atoms with Crippen molar-refractivity contribution in [1.29, 1.82) is 0 Å². The van der Waals surface area contributed by atoms with Gasteiger partial charge in [0.05, 0.1) is 67.7 Å². The number of carbonyl (C=O) groups excluding carboxylic acids is 8. The van der Waals surface area contributed by atoms with Crippen LogP contribution >= 0.6 is 11.8 Å². The van der Waals surface area contributed by atoms with Crippen molar-refractivity contribution in [3.8, 4) is 5.88 Å². The Morgan fingerprint density at radius 2 is 1.59 bits per heavy atom. The van der Waals surface area contributed by atoms with Crippen molar-refractivity contribution in [2.45, 2.75) is 151 Å². The van der Waals surface area contributed by atoms with Gasteiger partial charge in [-0.1, -0.05) is 36.8 Å². The molecule has 0 spiro atoms. The summed E-state index contributed by atoms with van der Waals surface area (Å²) in [6.07, 6.45) is 9.83. The number of hydrogen-bond donors (Lipinski definition) is 5. The van der Waals surface area contributed by atoms with Crippen molar-refractivity contribution >= 4 is 79.6 Å². The Labute approximate surface area is 479 Å². The fraction of sp³-hybridized carbons (Fsp3) is 0.638. The van der Waals surface area contributed by atoms with Crippen LogP contribution in [0.5, 0.6) is 5.88 Å². The summed E-state index contributed by atoms with van der Waals surface area (Å²) in [5.74, 6) is -3.06. The number of Topliss-reactive ketones (excluding diaryl/α,β-unsaturated/α-hetero) is 3. The van der Waals surface area contributed by atoms with Crippen LogP contribution in [0.3, 0.4) is 0 Å². The number of pyridine rings is 1. The highest BCUT2D eigenvalue weighted by molar-refractivity contribution is 8.00. The van der Waals surface area contributed by atoms with E-state index in [9.17, 15) is 46.8 Å². The molecule has 7 rings (SSSR count). The molecule has 23 heteroatoms. The fourth-order valence-corrected chi connectivity index (χ4v) is 13.8. The molecule has 4 heterocycles. The number of unbranched alkanes of at least 4 members (excludes halogenated alkanes) is 2. The molecule has 6 amide bonds. The average Bonchev–Trinajstić information content (AvgIpc) is 3.16. The number of rotatable bonds is 39. The van der Waals surface area contributed by atoms with Crippen LogP contribution in [0.4, 0.5) is 4.79 Å². The number of benzene rings is 1. The smallest absolute Gasteiger partial charge is 0.315 e. The first-order chi connectivity index (χ1) is 39.0. The van der Waals surface area contributed by atoms with Gasteiger partial charge in [-0.25, -0.2) is 18.2 Å². The molecule has 8 atom stereocenters. The minimum atomic E-state index is -3.92. The summed E-state index contributed by atoms with van der Waals surface area (Å²) in [5, 5.41) is 12.9. The summed E-state index contributed by atoms with van der Waals surface area (Å²) in [6.45, 7) is 12.1. The average molecular weight is 1160 g/mol. The van der Waals surface area contributed by atoms with E-state index in [1.165, 1.54) is 11.0 Å². The maximum atomic E-state index is 14.7.